The molecule has 2 aromatic rings. The lowest BCUT2D eigenvalue weighted by Gasteiger charge is -2.34. The Bertz CT molecular complexity index is 815. The van der Waals surface area contributed by atoms with Crippen molar-refractivity contribution in [3.8, 4) is 5.75 Å². The number of nitrogens with one attached hydrogen (secondary N) is 1. The van der Waals surface area contributed by atoms with E-state index in [0.717, 1.165) is 17.7 Å². The highest BCUT2D eigenvalue weighted by molar-refractivity contribution is 7.85. The Morgan fingerprint density at radius 2 is 2.12 bits per heavy atom. The number of para-hydroxylation sites is 2. The molecule has 1 aliphatic heterocycles. The SMILES string of the molecule is CCCNC(=O)C1CN(S(=O)Cc2cccc(Cl)c2)c2ccccc2O1. The van der Waals surface area contributed by atoms with Gasteiger partial charge in [-0.2, -0.15) is 0 Å². The standard InChI is InChI=1S/C19H21ClN2O3S/c1-2-10-21-19(23)18-12-22(16-8-3-4-9-17(16)25-18)26(24)13-14-6-5-7-15(20)11-14/h3-9,11,18H,2,10,12-13H2,1H3,(H,21,23). The summed E-state index contributed by atoms with van der Waals surface area (Å²) in [5.41, 5.74) is 1.61. The third-order valence-electron chi connectivity index (χ3n) is 4.00. The quantitative estimate of drug-likeness (QED) is 0.820. The zero-order chi connectivity index (χ0) is 18.5. The van der Waals surface area contributed by atoms with E-state index in [1.165, 1.54) is 0 Å². The number of rotatable bonds is 6. The molecule has 138 valence electrons. The maximum atomic E-state index is 13.0. The summed E-state index contributed by atoms with van der Waals surface area (Å²) in [7, 11) is -1.36. The summed E-state index contributed by atoms with van der Waals surface area (Å²) in [6, 6.07) is 14.7. The lowest BCUT2D eigenvalue weighted by atomic mass is 10.2. The molecule has 7 heteroatoms. The largest absolute Gasteiger partial charge is 0.476 e. The van der Waals surface area contributed by atoms with Gasteiger partial charge in [-0.3, -0.25) is 9.10 Å². The summed E-state index contributed by atoms with van der Waals surface area (Å²) in [5, 5.41) is 3.45. The predicted octanol–water partition coefficient (Wildman–Crippen LogP) is 3.30. The topological polar surface area (TPSA) is 58.6 Å². The molecule has 0 aliphatic carbocycles. The lowest BCUT2D eigenvalue weighted by molar-refractivity contribution is -0.127. The van der Waals surface area contributed by atoms with E-state index in [1.807, 2.05) is 37.3 Å². The van der Waals surface area contributed by atoms with Crippen molar-refractivity contribution in [1.29, 1.82) is 0 Å². The van der Waals surface area contributed by atoms with Gasteiger partial charge in [-0.25, -0.2) is 4.21 Å². The van der Waals surface area contributed by atoms with Gasteiger partial charge >= 0.3 is 0 Å². The van der Waals surface area contributed by atoms with Crippen LogP contribution in [0.15, 0.2) is 48.5 Å². The van der Waals surface area contributed by atoms with Crippen molar-refractivity contribution in [2.24, 2.45) is 0 Å². The second kappa shape index (κ2) is 8.56. The number of anilines is 1. The summed E-state index contributed by atoms with van der Waals surface area (Å²) in [5.74, 6) is 0.694. The Balaban J connectivity index is 1.82. The number of nitrogens with zero attached hydrogens (tertiary/aromatic N) is 1. The summed E-state index contributed by atoms with van der Waals surface area (Å²) in [4.78, 5) is 12.4. The van der Waals surface area contributed by atoms with Gasteiger partial charge < -0.3 is 10.1 Å². The van der Waals surface area contributed by atoms with Crippen molar-refractivity contribution in [2.75, 3.05) is 17.4 Å². The first-order valence-electron chi connectivity index (χ1n) is 8.52. The van der Waals surface area contributed by atoms with Crippen LogP contribution in [0, 0.1) is 0 Å². The van der Waals surface area contributed by atoms with E-state index < -0.39 is 17.1 Å². The fourth-order valence-corrected chi connectivity index (χ4v) is 4.25. The van der Waals surface area contributed by atoms with Crippen molar-refractivity contribution >= 4 is 34.2 Å². The summed E-state index contributed by atoms with van der Waals surface area (Å²) >= 11 is 6.02. The molecule has 0 aromatic heterocycles. The molecule has 2 atom stereocenters. The Morgan fingerprint density at radius 3 is 2.88 bits per heavy atom. The van der Waals surface area contributed by atoms with Crippen LogP contribution < -0.4 is 14.4 Å². The number of carbonyl (C=O) groups excluding carboxylic acids is 1. The molecule has 5 nitrogen and oxygen atoms in total. The van der Waals surface area contributed by atoms with E-state index >= 15 is 0 Å². The molecule has 26 heavy (non-hydrogen) atoms. The molecular formula is C19H21ClN2O3S. The first kappa shape index (κ1) is 18.7. The first-order valence-corrected chi connectivity index (χ1v) is 10.2. The molecule has 0 radical (unpaired) electrons. The molecule has 0 fully saturated rings. The molecular weight excluding hydrogens is 372 g/mol. The minimum absolute atomic E-state index is 0.189. The number of hydrogen-bond acceptors (Lipinski definition) is 3. The number of carbonyl (C=O) groups is 1. The highest BCUT2D eigenvalue weighted by Gasteiger charge is 2.33. The zero-order valence-corrected chi connectivity index (χ0v) is 16.1. The highest BCUT2D eigenvalue weighted by atomic mass is 35.5. The van der Waals surface area contributed by atoms with E-state index in [-0.39, 0.29) is 12.5 Å². The van der Waals surface area contributed by atoms with Crippen molar-refractivity contribution in [3.63, 3.8) is 0 Å². The van der Waals surface area contributed by atoms with E-state index in [0.29, 0.717) is 23.1 Å². The Morgan fingerprint density at radius 1 is 1.31 bits per heavy atom. The van der Waals surface area contributed by atoms with Crippen LogP contribution in [0.4, 0.5) is 5.69 Å². The Hall–Kier alpha value is -2.05. The van der Waals surface area contributed by atoms with E-state index in [9.17, 15) is 9.00 Å². The van der Waals surface area contributed by atoms with Crippen LogP contribution in [0.5, 0.6) is 5.75 Å². The van der Waals surface area contributed by atoms with Gasteiger partial charge in [0.1, 0.15) is 16.7 Å². The van der Waals surface area contributed by atoms with E-state index in [2.05, 4.69) is 5.32 Å². The molecule has 0 saturated carbocycles. The molecule has 3 rings (SSSR count). The summed E-state index contributed by atoms with van der Waals surface area (Å²) in [6.07, 6.45) is 0.152. The maximum Gasteiger partial charge on any atom is 0.263 e. The average molecular weight is 393 g/mol. The number of hydrogen-bond donors (Lipinski definition) is 1. The Kier molecular flexibility index (Phi) is 6.16. The minimum atomic E-state index is -1.36. The minimum Gasteiger partial charge on any atom is -0.476 e. The van der Waals surface area contributed by atoms with Gasteiger partial charge in [0, 0.05) is 11.6 Å². The van der Waals surface area contributed by atoms with E-state index in [1.54, 1.807) is 22.5 Å². The molecule has 1 N–H and O–H groups in total. The smallest absolute Gasteiger partial charge is 0.263 e. The Labute approximate surface area is 160 Å². The maximum absolute atomic E-state index is 13.0. The van der Waals surface area contributed by atoms with Crippen LogP contribution in [0.3, 0.4) is 0 Å². The third kappa shape index (κ3) is 4.37. The molecule has 1 heterocycles. The zero-order valence-electron chi connectivity index (χ0n) is 14.5. The van der Waals surface area contributed by atoms with Crippen molar-refractivity contribution in [3.05, 3.63) is 59.1 Å². The fourth-order valence-electron chi connectivity index (χ4n) is 2.74. The van der Waals surface area contributed by atoms with Gasteiger partial charge in [0.15, 0.2) is 6.10 Å². The molecule has 0 bridgehead atoms. The van der Waals surface area contributed by atoms with Gasteiger partial charge in [-0.15, -0.1) is 0 Å². The van der Waals surface area contributed by atoms with Crippen molar-refractivity contribution in [1.82, 2.24) is 5.32 Å². The van der Waals surface area contributed by atoms with Gasteiger partial charge in [0.25, 0.3) is 5.91 Å². The molecule has 2 unspecified atom stereocenters. The normalized spacial score (nSPS) is 17.2. The number of halogens is 1. The monoisotopic (exact) mass is 392 g/mol. The first-order chi connectivity index (χ1) is 12.6. The lowest BCUT2D eigenvalue weighted by Crippen LogP contribution is -2.49. The number of amides is 1. The predicted molar refractivity (Wildman–Crippen MR) is 105 cm³/mol. The van der Waals surface area contributed by atoms with Crippen LogP contribution in [0.2, 0.25) is 5.02 Å². The molecule has 0 saturated heterocycles. The number of fused-ring (bicyclic) bond motifs is 1. The second-order valence-electron chi connectivity index (χ2n) is 6.02. The van der Waals surface area contributed by atoms with Crippen LogP contribution >= 0.6 is 11.6 Å². The van der Waals surface area contributed by atoms with Crippen LogP contribution in [-0.2, 0) is 21.5 Å². The van der Waals surface area contributed by atoms with Crippen LogP contribution in [0.1, 0.15) is 18.9 Å². The van der Waals surface area contributed by atoms with E-state index in [4.69, 9.17) is 16.3 Å². The van der Waals surface area contributed by atoms with Gasteiger partial charge in [-0.05, 0) is 36.2 Å². The number of ether oxygens (including phenoxy) is 1. The van der Waals surface area contributed by atoms with Crippen LogP contribution in [-0.4, -0.2) is 29.3 Å². The van der Waals surface area contributed by atoms with Gasteiger partial charge in [0.2, 0.25) is 0 Å². The van der Waals surface area contributed by atoms with Crippen molar-refractivity contribution < 1.29 is 13.7 Å². The number of benzene rings is 2. The summed E-state index contributed by atoms with van der Waals surface area (Å²) < 4.78 is 20.6. The second-order valence-corrected chi connectivity index (χ2v) is 7.83. The molecule has 1 aliphatic rings. The fraction of sp³-hybridized carbons (Fsp3) is 0.316. The molecule has 1 amide bonds. The van der Waals surface area contributed by atoms with Gasteiger partial charge in [-0.1, -0.05) is 42.8 Å². The molecule has 2 aromatic carbocycles. The third-order valence-corrected chi connectivity index (χ3v) is 5.65. The summed E-state index contributed by atoms with van der Waals surface area (Å²) in [6.45, 7) is 2.81. The van der Waals surface area contributed by atoms with Crippen molar-refractivity contribution in [2.45, 2.75) is 25.2 Å². The average Bonchev–Trinajstić information content (AvgIpc) is 2.65. The van der Waals surface area contributed by atoms with Gasteiger partial charge in [0.05, 0.1) is 18.0 Å². The molecule has 0 spiro atoms. The highest BCUT2D eigenvalue weighted by Crippen LogP contribution is 2.34. The van der Waals surface area contributed by atoms with Crippen LogP contribution in [0.25, 0.3) is 0 Å².